The molecule has 1 amide bonds. The molecule has 0 atom stereocenters. The van der Waals surface area contributed by atoms with Gasteiger partial charge in [0.2, 0.25) is 0 Å². The van der Waals surface area contributed by atoms with Crippen molar-refractivity contribution in [2.45, 2.75) is 6.92 Å². The van der Waals surface area contributed by atoms with Crippen molar-refractivity contribution >= 4 is 11.6 Å². The van der Waals surface area contributed by atoms with Crippen molar-refractivity contribution in [3.8, 4) is 16.9 Å². The summed E-state index contributed by atoms with van der Waals surface area (Å²) in [5.41, 5.74) is 3.36. The van der Waals surface area contributed by atoms with Crippen LogP contribution in [0.25, 0.3) is 11.1 Å². The van der Waals surface area contributed by atoms with Crippen LogP contribution < -0.4 is 10.1 Å². The Bertz CT molecular complexity index is 925. The molecule has 1 aromatic heterocycles. The Hall–Kier alpha value is -3.21. The van der Waals surface area contributed by atoms with E-state index in [1.807, 2.05) is 24.3 Å². The second kappa shape index (κ2) is 7.13. The normalized spacial score (nSPS) is 10.4. The van der Waals surface area contributed by atoms with E-state index in [4.69, 9.17) is 4.74 Å². The third-order valence-electron chi connectivity index (χ3n) is 3.84. The Kier molecular flexibility index (Phi) is 4.75. The fourth-order valence-electron chi connectivity index (χ4n) is 2.49. The number of amides is 1. The summed E-state index contributed by atoms with van der Waals surface area (Å²) >= 11 is 0. The summed E-state index contributed by atoms with van der Waals surface area (Å²) in [6, 6.07) is 13.5. The number of nitrogens with zero attached hydrogens (tertiary/aromatic N) is 1. The summed E-state index contributed by atoms with van der Waals surface area (Å²) in [6.45, 7) is 1.74. The van der Waals surface area contributed by atoms with Crippen LogP contribution in [0.2, 0.25) is 0 Å². The molecule has 4 nitrogen and oxygen atoms in total. The van der Waals surface area contributed by atoms with Gasteiger partial charge in [0.1, 0.15) is 11.6 Å². The first kappa shape index (κ1) is 16.6. The van der Waals surface area contributed by atoms with E-state index in [1.54, 1.807) is 32.4 Å². The molecule has 0 unspecified atom stereocenters. The van der Waals surface area contributed by atoms with Crippen LogP contribution in [0.1, 0.15) is 15.9 Å². The molecule has 0 saturated heterocycles. The number of methoxy groups -OCH3 is 1. The Morgan fingerprint density at radius 3 is 2.68 bits per heavy atom. The summed E-state index contributed by atoms with van der Waals surface area (Å²) in [6.07, 6.45) is 3.19. The van der Waals surface area contributed by atoms with Gasteiger partial charge in [0, 0.05) is 23.6 Å². The third-order valence-corrected chi connectivity index (χ3v) is 3.84. The molecule has 5 heteroatoms. The van der Waals surface area contributed by atoms with Crippen molar-refractivity contribution in [2.75, 3.05) is 12.4 Å². The summed E-state index contributed by atoms with van der Waals surface area (Å²) in [7, 11) is 1.60. The van der Waals surface area contributed by atoms with Crippen LogP contribution in [-0.2, 0) is 0 Å². The lowest BCUT2D eigenvalue weighted by Gasteiger charge is -2.10. The van der Waals surface area contributed by atoms with Gasteiger partial charge in [0.25, 0.3) is 5.91 Å². The highest BCUT2D eigenvalue weighted by Crippen LogP contribution is 2.24. The minimum Gasteiger partial charge on any atom is -0.497 e. The van der Waals surface area contributed by atoms with Crippen LogP contribution in [0.3, 0.4) is 0 Å². The fraction of sp³-hybridized carbons (Fsp3) is 0.100. The van der Waals surface area contributed by atoms with Crippen LogP contribution in [0.4, 0.5) is 10.1 Å². The Morgan fingerprint density at radius 1 is 1.08 bits per heavy atom. The molecule has 1 heterocycles. The predicted molar refractivity (Wildman–Crippen MR) is 95.3 cm³/mol. The van der Waals surface area contributed by atoms with E-state index in [2.05, 4.69) is 10.3 Å². The molecule has 0 radical (unpaired) electrons. The van der Waals surface area contributed by atoms with Crippen LogP contribution in [-0.4, -0.2) is 18.0 Å². The van der Waals surface area contributed by atoms with Gasteiger partial charge in [-0.2, -0.15) is 0 Å². The average Bonchev–Trinajstić information content (AvgIpc) is 2.64. The maximum atomic E-state index is 13.2. The van der Waals surface area contributed by atoms with Crippen LogP contribution in [0.5, 0.6) is 5.75 Å². The molecule has 0 saturated carbocycles. The molecular weight excluding hydrogens is 319 g/mol. The number of carbonyl (C=O) groups excluding carboxylic acids is 1. The van der Waals surface area contributed by atoms with Crippen LogP contribution >= 0.6 is 0 Å². The number of hydrogen-bond acceptors (Lipinski definition) is 3. The first-order valence-electron chi connectivity index (χ1n) is 7.74. The molecule has 0 aliphatic carbocycles. The number of hydrogen-bond donors (Lipinski definition) is 1. The molecule has 3 rings (SSSR count). The van der Waals surface area contributed by atoms with Crippen molar-refractivity contribution in [1.82, 2.24) is 4.98 Å². The monoisotopic (exact) mass is 336 g/mol. The molecular formula is C20H17FN2O2. The SMILES string of the molecule is COc1cccc(-c2cncc(C(=O)Nc3ccc(F)cc3C)c2)c1. The van der Waals surface area contributed by atoms with Gasteiger partial charge in [-0.15, -0.1) is 0 Å². The van der Waals surface area contributed by atoms with E-state index < -0.39 is 0 Å². The van der Waals surface area contributed by atoms with E-state index in [0.717, 1.165) is 16.9 Å². The molecule has 2 aromatic carbocycles. The van der Waals surface area contributed by atoms with Crippen molar-refractivity contribution in [3.05, 3.63) is 77.9 Å². The standard InChI is InChI=1S/C20H17FN2O2/c1-13-8-17(21)6-7-19(13)23-20(24)16-9-15(11-22-12-16)14-4-3-5-18(10-14)25-2/h3-12H,1-2H3,(H,23,24). The van der Waals surface area contributed by atoms with E-state index in [-0.39, 0.29) is 11.7 Å². The zero-order chi connectivity index (χ0) is 17.8. The first-order valence-corrected chi connectivity index (χ1v) is 7.74. The van der Waals surface area contributed by atoms with Crippen molar-refractivity contribution in [3.63, 3.8) is 0 Å². The molecule has 3 aromatic rings. The lowest BCUT2D eigenvalue weighted by molar-refractivity contribution is 0.102. The number of carbonyl (C=O) groups is 1. The molecule has 0 fully saturated rings. The van der Waals surface area contributed by atoms with Gasteiger partial charge in [-0.1, -0.05) is 12.1 Å². The average molecular weight is 336 g/mol. The quantitative estimate of drug-likeness (QED) is 0.765. The number of pyridine rings is 1. The minimum absolute atomic E-state index is 0.299. The number of rotatable bonds is 4. The zero-order valence-corrected chi connectivity index (χ0v) is 13.9. The van der Waals surface area contributed by atoms with Gasteiger partial charge in [-0.05, 0) is 54.4 Å². The van der Waals surface area contributed by atoms with E-state index >= 15 is 0 Å². The van der Waals surface area contributed by atoms with Crippen molar-refractivity contribution < 1.29 is 13.9 Å². The van der Waals surface area contributed by atoms with Gasteiger partial charge in [-0.25, -0.2) is 4.39 Å². The van der Waals surface area contributed by atoms with E-state index in [0.29, 0.717) is 16.8 Å². The van der Waals surface area contributed by atoms with Crippen LogP contribution in [0.15, 0.2) is 60.9 Å². The predicted octanol–water partition coefficient (Wildman–Crippen LogP) is 4.46. The van der Waals surface area contributed by atoms with E-state index in [1.165, 1.54) is 18.3 Å². The first-order chi connectivity index (χ1) is 12.1. The van der Waals surface area contributed by atoms with Gasteiger partial charge in [-0.3, -0.25) is 9.78 Å². The summed E-state index contributed by atoms with van der Waals surface area (Å²) in [5.74, 6) is 0.0958. The third kappa shape index (κ3) is 3.83. The highest BCUT2D eigenvalue weighted by atomic mass is 19.1. The molecule has 25 heavy (non-hydrogen) atoms. The largest absolute Gasteiger partial charge is 0.497 e. The Morgan fingerprint density at radius 2 is 1.92 bits per heavy atom. The fourth-order valence-corrected chi connectivity index (χ4v) is 2.49. The maximum absolute atomic E-state index is 13.2. The number of benzene rings is 2. The highest BCUT2D eigenvalue weighted by molar-refractivity contribution is 6.05. The zero-order valence-electron chi connectivity index (χ0n) is 13.9. The van der Waals surface area contributed by atoms with E-state index in [9.17, 15) is 9.18 Å². The molecule has 0 aliphatic heterocycles. The second-order valence-electron chi connectivity index (χ2n) is 5.61. The number of halogens is 1. The highest BCUT2D eigenvalue weighted by Gasteiger charge is 2.10. The van der Waals surface area contributed by atoms with Gasteiger partial charge >= 0.3 is 0 Å². The van der Waals surface area contributed by atoms with Crippen molar-refractivity contribution in [1.29, 1.82) is 0 Å². The number of ether oxygens (including phenoxy) is 1. The van der Waals surface area contributed by atoms with Gasteiger partial charge in [0.15, 0.2) is 0 Å². The van der Waals surface area contributed by atoms with Crippen LogP contribution in [0, 0.1) is 12.7 Å². The summed E-state index contributed by atoms with van der Waals surface area (Å²) in [5, 5.41) is 2.78. The summed E-state index contributed by atoms with van der Waals surface area (Å²) in [4.78, 5) is 16.6. The lowest BCUT2D eigenvalue weighted by atomic mass is 10.1. The molecule has 126 valence electrons. The van der Waals surface area contributed by atoms with Gasteiger partial charge in [0.05, 0.1) is 12.7 Å². The molecule has 0 spiro atoms. The second-order valence-corrected chi connectivity index (χ2v) is 5.61. The molecule has 1 N–H and O–H groups in total. The number of aromatic nitrogens is 1. The van der Waals surface area contributed by atoms with Crippen molar-refractivity contribution in [2.24, 2.45) is 0 Å². The number of aryl methyl sites for hydroxylation is 1. The number of anilines is 1. The minimum atomic E-state index is -0.336. The molecule has 0 aliphatic rings. The van der Waals surface area contributed by atoms with Gasteiger partial charge < -0.3 is 10.1 Å². The topological polar surface area (TPSA) is 51.2 Å². The Labute approximate surface area is 145 Å². The maximum Gasteiger partial charge on any atom is 0.257 e. The smallest absolute Gasteiger partial charge is 0.257 e. The summed E-state index contributed by atoms with van der Waals surface area (Å²) < 4.78 is 18.4. The number of nitrogens with one attached hydrogen (secondary N) is 1. The Balaban J connectivity index is 1.86. The molecule has 0 bridgehead atoms. The lowest BCUT2D eigenvalue weighted by Crippen LogP contribution is -2.13.